The number of hydrogen-bond donors (Lipinski definition) is 0. The molecule has 0 unspecified atom stereocenters. The molecule has 0 radical (unpaired) electrons. The van der Waals surface area contributed by atoms with Crippen LogP contribution in [0.3, 0.4) is 0 Å². The maximum atomic E-state index is 5.30. The number of para-hydroxylation sites is 1. The largest absolute Gasteiger partial charge is 0.309 e. The topological polar surface area (TPSA) is 69.4 Å². The van der Waals surface area contributed by atoms with E-state index in [1.165, 1.54) is 27.6 Å². The summed E-state index contributed by atoms with van der Waals surface area (Å²) in [7, 11) is 0. The minimum absolute atomic E-state index is 0.554. The molecule has 11 rings (SSSR count). The van der Waals surface area contributed by atoms with E-state index in [-0.39, 0.29) is 0 Å². The van der Waals surface area contributed by atoms with Gasteiger partial charge in [0.25, 0.3) is 0 Å². The molecule has 0 aliphatic carbocycles. The summed E-state index contributed by atoms with van der Waals surface area (Å²) >= 11 is 0. The fraction of sp³-hybridized carbons (Fsp3) is 0.0351. The average Bonchev–Trinajstić information content (AvgIpc) is 3.68. The third kappa shape index (κ3) is 7.23. The van der Waals surface area contributed by atoms with Crippen LogP contribution in [-0.4, -0.2) is 29.5 Å². The molecule has 0 atom stereocenters. The molecule has 0 amide bonds. The van der Waals surface area contributed by atoms with E-state index in [4.69, 9.17) is 24.9 Å². The fourth-order valence-corrected chi connectivity index (χ4v) is 8.62. The zero-order valence-electron chi connectivity index (χ0n) is 34.8. The summed E-state index contributed by atoms with van der Waals surface area (Å²) in [6.07, 6.45) is 0. The van der Waals surface area contributed by atoms with E-state index in [2.05, 4.69) is 128 Å². The summed E-state index contributed by atoms with van der Waals surface area (Å²) in [5.41, 5.74) is 15.1. The van der Waals surface area contributed by atoms with Gasteiger partial charge in [0, 0.05) is 44.2 Å². The molecule has 6 heteroatoms. The van der Waals surface area contributed by atoms with Crippen molar-refractivity contribution in [2.45, 2.75) is 13.8 Å². The van der Waals surface area contributed by atoms with Crippen LogP contribution >= 0.6 is 0 Å². The van der Waals surface area contributed by atoms with Gasteiger partial charge >= 0.3 is 0 Å². The lowest BCUT2D eigenvalue weighted by atomic mass is 9.99. The first-order valence-corrected chi connectivity index (χ1v) is 21.2. The number of aromatic nitrogens is 6. The van der Waals surface area contributed by atoms with Gasteiger partial charge in [0.2, 0.25) is 0 Å². The first-order chi connectivity index (χ1) is 31.0. The van der Waals surface area contributed by atoms with Gasteiger partial charge in [-0.05, 0) is 61.4 Å². The summed E-state index contributed by atoms with van der Waals surface area (Å²) in [6, 6.07) is 71.5. The standard InChI is InChI=1S/C57H40N6/c1-37-31-38(2)33-45(32-37)43-27-29-52-47(34-43)46-25-15-16-26-51(46)63(52)53-30-28-44(50-36-49(39-17-7-3-8-18-39)58-54(59-50)40-19-9-4-10-20-40)35-48(53)57-61-55(41-21-11-5-12-22-41)60-56(62-57)42-23-13-6-14-24-42/h3-36H,1-2H3. The van der Waals surface area contributed by atoms with Gasteiger partial charge in [-0.25, -0.2) is 24.9 Å². The van der Waals surface area contributed by atoms with Crippen LogP contribution in [0.4, 0.5) is 0 Å². The Morgan fingerprint density at radius 2 is 0.778 bits per heavy atom. The molecule has 0 aliphatic heterocycles. The molecule has 3 aromatic heterocycles. The molecule has 63 heavy (non-hydrogen) atoms. The zero-order chi connectivity index (χ0) is 42.3. The van der Waals surface area contributed by atoms with E-state index in [1.807, 2.05) is 97.1 Å². The smallest absolute Gasteiger partial charge is 0.166 e. The van der Waals surface area contributed by atoms with Crippen LogP contribution in [0.15, 0.2) is 206 Å². The maximum absolute atomic E-state index is 5.30. The van der Waals surface area contributed by atoms with Crippen molar-refractivity contribution in [3.05, 3.63) is 217 Å². The molecular weight excluding hydrogens is 769 g/mol. The van der Waals surface area contributed by atoms with Crippen LogP contribution in [0.5, 0.6) is 0 Å². The van der Waals surface area contributed by atoms with Gasteiger partial charge in [-0.2, -0.15) is 0 Å². The van der Waals surface area contributed by atoms with Crippen molar-refractivity contribution < 1.29 is 0 Å². The Morgan fingerprint density at radius 1 is 0.302 bits per heavy atom. The van der Waals surface area contributed by atoms with Gasteiger partial charge in [0.1, 0.15) is 0 Å². The summed E-state index contributed by atoms with van der Waals surface area (Å²) in [5, 5.41) is 2.33. The summed E-state index contributed by atoms with van der Waals surface area (Å²) in [4.78, 5) is 26.0. The first-order valence-electron chi connectivity index (χ1n) is 21.2. The molecule has 0 saturated carbocycles. The second-order valence-electron chi connectivity index (χ2n) is 15.9. The van der Waals surface area contributed by atoms with Gasteiger partial charge in [0.05, 0.1) is 28.1 Å². The maximum Gasteiger partial charge on any atom is 0.166 e. The number of aryl methyl sites for hydroxylation is 2. The Balaban J connectivity index is 1.19. The lowest BCUT2D eigenvalue weighted by Gasteiger charge is -2.17. The van der Waals surface area contributed by atoms with Crippen LogP contribution in [0.1, 0.15) is 11.1 Å². The van der Waals surface area contributed by atoms with E-state index in [1.54, 1.807) is 0 Å². The van der Waals surface area contributed by atoms with Crippen LogP contribution in [-0.2, 0) is 0 Å². The van der Waals surface area contributed by atoms with Crippen molar-refractivity contribution in [2.24, 2.45) is 0 Å². The second kappa shape index (κ2) is 15.9. The molecule has 3 heterocycles. The highest BCUT2D eigenvalue weighted by Crippen LogP contribution is 2.40. The highest BCUT2D eigenvalue weighted by Gasteiger charge is 2.22. The van der Waals surface area contributed by atoms with Gasteiger partial charge in [-0.15, -0.1) is 0 Å². The van der Waals surface area contributed by atoms with Crippen LogP contribution < -0.4 is 0 Å². The number of nitrogens with zero attached hydrogens (tertiary/aromatic N) is 6. The van der Waals surface area contributed by atoms with Crippen molar-refractivity contribution in [1.29, 1.82) is 0 Å². The van der Waals surface area contributed by atoms with E-state index in [0.717, 1.165) is 66.9 Å². The van der Waals surface area contributed by atoms with Crippen molar-refractivity contribution in [3.63, 3.8) is 0 Å². The molecule has 0 saturated heterocycles. The molecule has 6 nitrogen and oxygen atoms in total. The molecule has 0 spiro atoms. The van der Waals surface area contributed by atoms with Crippen molar-refractivity contribution >= 4 is 21.8 Å². The first kappa shape index (κ1) is 37.6. The van der Waals surface area contributed by atoms with Gasteiger partial charge < -0.3 is 4.57 Å². The van der Waals surface area contributed by atoms with Crippen molar-refractivity contribution in [1.82, 2.24) is 29.5 Å². The van der Waals surface area contributed by atoms with Gasteiger partial charge in [0.15, 0.2) is 23.3 Å². The van der Waals surface area contributed by atoms with E-state index in [0.29, 0.717) is 23.3 Å². The molecule has 11 aromatic rings. The van der Waals surface area contributed by atoms with Crippen LogP contribution in [0.2, 0.25) is 0 Å². The molecule has 298 valence electrons. The molecule has 0 N–H and O–H groups in total. The van der Waals surface area contributed by atoms with E-state index < -0.39 is 0 Å². The van der Waals surface area contributed by atoms with E-state index in [9.17, 15) is 0 Å². The highest BCUT2D eigenvalue weighted by molar-refractivity contribution is 6.11. The quantitative estimate of drug-likeness (QED) is 0.153. The highest BCUT2D eigenvalue weighted by atomic mass is 15.1. The third-order valence-electron chi connectivity index (χ3n) is 11.5. The number of hydrogen-bond acceptors (Lipinski definition) is 5. The Morgan fingerprint density at radius 3 is 1.38 bits per heavy atom. The minimum Gasteiger partial charge on any atom is -0.309 e. The SMILES string of the molecule is Cc1cc(C)cc(-c2ccc3c(c2)c2ccccc2n3-c2ccc(-c3cc(-c4ccccc4)nc(-c4ccccc4)n3)cc2-c2nc(-c3ccccc3)nc(-c3ccccc3)n2)c1. The Hall–Kier alpha value is -8.35. The summed E-state index contributed by atoms with van der Waals surface area (Å²) < 4.78 is 2.36. The van der Waals surface area contributed by atoms with Crippen LogP contribution in [0.25, 0.3) is 107 Å². The average molecular weight is 809 g/mol. The van der Waals surface area contributed by atoms with Crippen molar-refractivity contribution in [2.75, 3.05) is 0 Å². The van der Waals surface area contributed by atoms with Gasteiger partial charge in [-0.3, -0.25) is 0 Å². The van der Waals surface area contributed by atoms with Gasteiger partial charge in [-0.1, -0.05) is 181 Å². The molecular formula is C57H40N6. The lowest BCUT2D eigenvalue weighted by Crippen LogP contribution is -2.04. The monoisotopic (exact) mass is 808 g/mol. The lowest BCUT2D eigenvalue weighted by molar-refractivity contribution is 1.06. The Bertz CT molecular complexity index is 3320. The van der Waals surface area contributed by atoms with E-state index >= 15 is 0 Å². The Kier molecular flexibility index (Phi) is 9.51. The molecule has 0 aliphatic rings. The minimum atomic E-state index is 0.554. The summed E-state index contributed by atoms with van der Waals surface area (Å²) in [5.74, 6) is 2.39. The predicted octanol–water partition coefficient (Wildman–Crippen LogP) is 14.0. The predicted molar refractivity (Wildman–Crippen MR) is 257 cm³/mol. The van der Waals surface area contributed by atoms with Crippen molar-refractivity contribution in [3.8, 4) is 84.9 Å². The van der Waals surface area contributed by atoms with Crippen LogP contribution in [0, 0.1) is 13.8 Å². The normalized spacial score (nSPS) is 11.3. The second-order valence-corrected chi connectivity index (χ2v) is 15.9. The number of fused-ring (bicyclic) bond motifs is 3. The number of benzene rings is 8. The molecule has 0 fully saturated rings. The number of rotatable bonds is 8. The molecule has 8 aromatic carbocycles. The molecule has 0 bridgehead atoms. The Labute approximate surface area is 365 Å². The fourth-order valence-electron chi connectivity index (χ4n) is 8.62. The zero-order valence-corrected chi connectivity index (χ0v) is 34.8. The summed E-state index contributed by atoms with van der Waals surface area (Å²) in [6.45, 7) is 4.32. The third-order valence-corrected chi connectivity index (χ3v) is 11.5.